The average Bonchev–Trinajstić information content (AvgIpc) is 2.45. The molecule has 0 aliphatic carbocycles. The normalized spacial score (nSPS) is 11.9. The Hall–Kier alpha value is -2.25. The summed E-state index contributed by atoms with van der Waals surface area (Å²) in [4.78, 5) is -0.211. The van der Waals surface area contributed by atoms with Crippen molar-refractivity contribution in [2.24, 2.45) is 10.2 Å². The number of nitrogens with zero attached hydrogens (tertiary/aromatic N) is 2. The first-order chi connectivity index (χ1) is 9.90. The standard InChI is InChI=1S/C14H14N2O4S/c1-2-10-3-8-13(14(17)9-10)16-15-11-4-6-12(7-5-11)21(18,19)20/h3-9,17H,2H2,1H3,(H,18,19,20)/b16-15+. The fourth-order valence-corrected chi connectivity index (χ4v) is 2.15. The van der Waals surface area contributed by atoms with Crippen LogP contribution >= 0.6 is 0 Å². The summed E-state index contributed by atoms with van der Waals surface area (Å²) in [5.41, 5.74) is 1.72. The number of hydrogen-bond donors (Lipinski definition) is 2. The summed E-state index contributed by atoms with van der Waals surface area (Å²) < 4.78 is 30.7. The van der Waals surface area contributed by atoms with E-state index >= 15 is 0 Å². The van der Waals surface area contributed by atoms with Crippen molar-refractivity contribution >= 4 is 21.5 Å². The first kappa shape index (κ1) is 15.1. The largest absolute Gasteiger partial charge is 0.506 e. The maximum absolute atomic E-state index is 10.9. The second-order valence-corrected chi connectivity index (χ2v) is 5.77. The minimum absolute atomic E-state index is 0.0349. The maximum Gasteiger partial charge on any atom is 0.294 e. The lowest BCUT2D eigenvalue weighted by Gasteiger charge is -2.01. The molecule has 0 aliphatic heterocycles. The van der Waals surface area contributed by atoms with E-state index in [9.17, 15) is 13.5 Å². The Morgan fingerprint density at radius 3 is 2.24 bits per heavy atom. The molecule has 0 aromatic heterocycles. The number of aromatic hydroxyl groups is 1. The van der Waals surface area contributed by atoms with Gasteiger partial charge in [0.15, 0.2) is 0 Å². The van der Waals surface area contributed by atoms with Gasteiger partial charge in [0.1, 0.15) is 11.4 Å². The topological polar surface area (TPSA) is 99.3 Å². The minimum atomic E-state index is -4.21. The molecule has 0 unspecified atom stereocenters. The van der Waals surface area contributed by atoms with Crippen LogP contribution in [0.5, 0.6) is 5.75 Å². The van der Waals surface area contributed by atoms with Gasteiger partial charge in [-0.1, -0.05) is 13.0 Å². The zero-order chi connectivity index (χ0) is 15.5. The Labute approximate surface area is 122 Å². The van der Waals surface area contributed by atoms with Crippen molar-refractivity contribution in [3.8, 4) is 5.75 Å². The summed E-state index contributed by atoms with van der Waals surface area (Å²) in [6.07, 6.45) is 0.808. The predicted molar refractivity (Wildman–Crippen MR) is 77.9 cm³/mol. The molecule has 110 valence electrons. The van der Waals surface area contributed by atoms with Crippen LogP contribution in [0.4, 0.5) is 11.4 Å². The van der Waals surface area contributed by atoms with Crippen LogP contribution in [0.15, 0.2) is 57.6 Å². The van der Waals surface area contributed by atoms with E-state index in [0.29, 0.717) is 11.4 Å². The Balaban J connectivity index is 2.22. The number of phenolic OH excluding ortho intramolecular Hbond substituents is 1. The molecule has 0 atom stereocenters. The monoisotopic (exact) mass is 306 g/mol. The van der Waals surface area contributed by atoms with Gasteiger partial charge in [-0.25, -0.2) is 0 Å². The number of phenols is 1. The lowest BCUT2D eigenvalue weighted by atomic mass is 10.1. The third-order valence-electron chi connectivity index (χ3n) is 2.86. The van der Waals surface area contributed by atoms with Gasteiger partial charge in [-0.3, -0.25) is 4.55 Å². The highest BCUT2D eigenvalue weighted by Crippen LogP contribution is 2.29. The smallest absolute Gasteiger partial charge is 0.294 e. The van der Waals surface area contributed by atoms with Crippen LogP contribution in [0, 0.1) is 0 Å². The molecule has 0 heterocycles. The summed E-state index contributed by atoms with van der Waals surface area (Å²) in [6.45, 7) is 1.98. The summed E-state index contributed by atoms with van der Waals surface area (Å²) in [5, 5.41) is 17.6. The summed E-state index contributed by atoms with van der Waals surface area (Å²) in [7, 11) is -4.21. The molecule has 2 rings (SSSR count). The molecular weight excluding hydrogens is 292 g/mol. The highest BCUT2D eigenvalue weighted by atomic mass is 32.2. The van der Waals surface area contributed by atoms with Crippen molar-refractivity contribution in [1.82, 2.24) is 0 Å². The molecular formula is C14H14N2O4S. The number of aryl methyl sites for hydroxylation is 1. The maximum atomic E-state index is 10.9. The van der Waals surface area contributed by atoms with Gasteiger partial charge in [0, 0.05) is 0 Å². The Morgan fingerprint density at radius 1 is 1.05 bits per heavy atom. The van der Waals surface area contributed by atoms with Gasteiger partial charge in [-0.2, -0.15) is 13.5 Å². The number of benzene rings is 2. The highest BCUT2D eigenvalue weighted by Gasteiger charge is 2.08. The quantitative estimate of drug-likeness (QED) is 0.665. The van der Waals surface area contributed by atoms with Crippen LogP contribution in [0.1, 0.15) is 12.5 Å². The fourth-order valence-electron chi connectivity index (χ4n) is 1.67. The number of azo groups is 1. The molecule has 0 spiro atoms. The van der Waals surface area contributed by atoms with Gasteiger partial charge < -0.3 is 5.11 Å². The van der Waals surface area contributed by atoms with E-state index < -0.39 is 10.1 Å². The minimum Gasteiger partial charge on any atom is -0.506 e. The molecule has 0 saturated carbocycles. The molecule has 0 amide bonds. The lowest BCUT2D eigenvalue weighted by Crippen LogP contribution is -1.96. The van der Waals surface area contributed by atoms with Crippen molar-refractivity contribution < 1.29 is 18.1 Å². The zero-order valence-corrected chi connectivity index (χ0v) is 12.1. The van der Waals surface area contributed by atoms with E-state index in [4.69, 9.17) is 4.55 Å². The molecule has 2 N–H and O–H groups in total. The molecule has 0 radical (unpaired) electrons. The third-order valence-corrected chi connectivity index (χ3v) is 3.72. The van der Waals surface area contributed by atoms with Gasteiger partial charge >= 0.3 is 0 Å². The fraction of sp³-hybridized carbons (Fsp3) is 0.143. The van der Waals surface area contributed by atoms with Crippen LogP contribution in [0.3, 0.4) is 0 Å². The van der Waals surface area contributed by atoms with Gasteiger partial charge in [-0.15, -0.1) is 5.11 Å². The van der Waals surface area contributed by atoms with Crippen LogP contribution < -0.4 is 0 Å². The lowest BCUT2D eigenvalue weighted by molar-refractivity contribution is 0.475. The first-order valence-electron chi connectivity index (χ1n) is 6.21. The van der Waals surface area contributed by atoms with Crippen molar-refractivity contribution in [2.45, 2.75) is 18.2 Å². The molecule has 21 heavy (non-hydrogen) atoms. The predicted octanol–water partition coefficient (Wildman–Crippen LogP) is 3.62. The molecule has 0 saturated heterocycles. The molecule has 0 bridgehead atoms. The van der Waals surface area contributed by atoms with Gasteiger partial charge in [-0.05, 0) is 48.4 Å². The molecule has 6 nitrogen and oxygen atoms in total. The SMILES string of the molecule is CCc1ccc(/N=N/c2ccc(S(=O)(=O)O)cc2)c(O)c1. The van der Waals surface area contributed by atoms with Crippen LogP contribution in [0.25, 0.3) is 0 Å². The number of rotatable bonds is 4. The summed E-state index contributed by atoms with van der Waals surface area (Å²) >= 11 is 0. The molecule has 0 aliphatic rings. The van der Waals surface area contributed by atoms with Gasteiger partial charge in [0.05, 0.1) is 10.6 Å². The Morgan fingerprint density at radius 2 is 1.71 bits per heavy atom. The van der Waals surface area contributed by atoms with E-state index in [-0.39, 0.29) is 10.6 Å². The molecule has 2 aromatic carbocycles. The number of hydrogen-bond acceptors (Lipinski definition) is 5. The van der Waals surface area contributed by atoms with E-state index in [1.54, 1.807) is 12.1 Å². The van der Waals surface area contributed by atoms with Crippen molar-refractivity contribution in [1.29, 1.82) is 0 Å². The summed E-state index contributed by atoms with van der Waals surface area (Å²) in [6, 6.07) is 10.4. The molecule has 0 fully saturated rings. The van der Waals surface area contributed by atoms with E-state index in [0.717, 1.165) is 12.0 Å². The highest BCUT2D eigenvalue weighted by molar-refractivity contribution is 7.85. The Bertz CT molecular complexity index is 768. The molecule has 2 aromatic rings. The van der Waals surface area contributed by atoms with Crippen molar-refractivity contribution in [3.63, 3.8) is 0 Å². The van der Waals surface area contributed by atoms with Gasteiger partial charge in [0.25, 0.3) is 10.1 Å². The van der Waals surface area contributed by atoms with Crippen molar-refractivity contribution in [3.05, 3.63) is 48.0 Å². The van der Waals surface area contributed by atoms with Crippen LogP contribution in [-0.2, 0) is 16.5 Å². The first-order valence-corrected chi connectivity index (χ1v) is 7.65. The summed E-state index contributed by atoms with van der Waals surface area (Å²) in [5.74, 6) is 0.0349. The average molecular weight is 306 g/mol. The van der Waals surface area contributed by atoms with E-state index in [1.807, 2.05) is 13.0 Å². The zero-order valence-electron chi connectivity index (χ0n) is 11.3. The second kappa shape index (κ2) is 6.02. The third kappa shape index (κ3) is 3.87. The second-order valence-electron chi connectivity index (χ2n) is 4.35. The molecule has 7 heteroatoms. The van der Waals surface area contributed by atoms with Crippen LogP contribution in [-0.4, -0.2) is 18.1 Å². The van der Waals surface area contributed by atoms with Crippen molar-refractivity contribution in [2.75, 3.05) is 0 Å². The Kier molecular flexibility index (Phi) is 4.35. The van der Waals surface area contributed by atoms with Gasteiger partial charge in [0.2, 0.25) is 0 Å². The van der Waals surface area contributed by atoms with Crippen LogP contribution in [0.2, 0.25) is 0 Å². The van der Waals surface area contributed by atoms with E-state index in [1.165, 1.54) is 24.3 Å². The van der Waals surface area contributed by atoms with E-state index in [2.05, 4.69) is 10.2 Å².